The van der Waals surface area contributed by atoms with E-state index in [2.05, 4.69) is 16.3 Å². The monoisotopic (exact) mass is 298 g/mol. The minimum Gasteiger partial charge on any atom is -0.334 e. The first-order chi connectivity index (χ1) is 10.8. The molecule has 2 aliphatic heterocycles. The molecule has 2 fully saturated rings. The zero-order valence-electron chi connectivity index (χ0n) is 12.8. The Balaban J connectivity index is 1.40. The molecule has 5 heteroatoms. The first kappa shape index (κ1) is 14.9. The maximum atomic E-state index is 12.1. The molecule has 2 amide bonds. The third kappa shape index (κ3) is 3.40. The molecule has 5 nitrogen and oxygen atoms in total. The zero-order chi connectivity index (χ0) is 15.4. The minimum atomic E-state index is 0.0117. The van der Waals surface area contributed by atoms with Gasteiger partial charge >= 0.3 is 6.03 Å². The third-order valence-electron chi connectivity index (χ3n) is 4.58. The van der Waals surface area contributed by atoms with E-state index < -0.39 is 0 Å². The minimum absolute atomic E-state index is 0.0117. The Hall–Kier alpha value is -2.06. The topological polar surface area (TPSA) is 59.4 Å². The standard InChI is InChI=1S/C17H22N4O/c18-10-14-4-6-15(7-5-14)11-19-17(22)21-12-16(13-21)20-8-2-1-3-9-20/h4-7,16H,1-3,8-9,11-13H2,(H,19,22). The quantitative estimate of drug-likeness (QED) is 0.927. The van der Waals surface area contributed by atoms with Crippen molar-refractivity contribution in [2.45, 2.75) is 31.8 Å². The molecule has 22 heavy (non-hydrogen) atoms. The van der Waals surface area contributed by atoms with E-state index in [-0.39, 0.29) is 6.03 Å². The summed E-state index contributed by atoms with van der Waals surface area (Å²) < 4.78 is 0. The van der Waals surface area contributed by atoms with Crippen molar-refractivity contribution in [3.05, 3.63) is 35.4 Å². The number of nitrogens with zero attached hydrogens (tertiary/aromatic N) is 3. The average molecular weight is 298 g/mol. The summed E-state index contributed by atoms with van der Waals surface area (Å²) in [6.45, 7) is 4.57. The predicted molar refractivity (Wildman–Crippen MR) is 84.2 cm³/mol. The van der Waals surface area contributed by atoms with Gasteiger partial charge in [0, 0.05) is 25.7 Å². The van der Waals surface area contributed by atoms with Crippen LogP contribution in [0.25, 0.3) is 0 Å². The lowest BCUT2D eigenvalue weighted by Crippen LogP contribution is -2.63. The summed E-state index contributed by atoms with van der Waals surface area (Å²) in [4.78, 5) is 16.5. The molecule has 2 heterocycles. The Morgan fingerprint density at radius 3 is 2.50 bits per heavy atom. The molecule has 1 aromatic carbocycles. The molecular formula is C17H22N4O. The maximum absolute atomic E-state index is 12.1. The molecule has 1 N–H and O–H groups in total. The molecule has 2 saturated heterocycles. The number of hydrogen-bond acceptors (Lipinski definition) is 3. The first-order valence-corrected chi connectivity index (χ1v) is 8.02. The van der Waals surface area contributed by atoms with Crippen LogP contribution in [-0.4, -0.2) is 48.1 Å². The fraction of sp³-hybridized carbons (Fsp3) is 0.529. The van der Waals surface area contributed by atoms with Crippen molar-refractivity contribution in [1.29, 1.82) is 5.26 Å². The highest BCUT2D eigenvalue weighted by Gasteiger charge is 2.34. The summed E-state index contributed by atoms with van der Waals surface area (Å²) in [5.74, 6) is 0. The van der Waals surface area contributed by atoms with E-state index in [0.717, 1.165) is 18.7 Å². The van der Waals surface area contributed by atoms with Gasteiger partial charge in [-0.15, -0.1) is 0 Å². The van der Waals surface area contributed by atoms with Crippen LogP contribution in [0.2, 0.25) is 0 Å². The highest BCUT2D eigenvalue weighted by molar-refractivity contribution is 5.75. The summed E-state index contributed by atoms with van der Waals surface area (Å²) in [5, 5.41) is 11.7. The average Bonchev–Trinajstić information content (AvgIpc) is 2.53. The van der Waals surface area contributed by atoms with Crippen molar-refractivity contribution < 1.29 is 4.79 Å². The van der Waals surface area contributed by atoms with Crippen molar-refractivity contribution in [3.8, 4) is 6.07 Å². The van der Waals surface area contributed by atoms with Crippen LogP contribution in [0.1, 0.15) is 30.4 Å². The highest BCUT2D eigenvalue weighted by atomic mass is 16.2. The van der Waals surface area contributed by atoms with E-state index in [4.69, 9.17) is 5.26 Å². The number of carbonyl (C=O) groups is 1. The largest absolute Gasteiger partial charge is 0.334 e. The predicted octanol–water partition coefficient (Wildman–Crippen LogP) is 1.94. The van der Waals surface area contributed by atoms with E-state index in [0.29, 0.717) is 18.2 Å². The molecule has 3 rings (SSSR count). The molecule has 0 spiro atoms. The summed E-state index contributed by atoms with van der Waals surface area (Å²) in [7, 11) is 0. The molecule has 0 aromatic heterocycles. The van der Waals surface area contributed by atoms with Crippen LogP contribution >= 0.6 is 0 Å². The fourth-order valence-corrected chi connectivity index (χ4v) is 3.12. The van der Waals surface area contributed by atoms with E-state index in [1.54, 1.807) is 12.1 Å². The van der Waals surface area contributed by atoms with Crippen LogP contribution in [0.5, 0.6) is 0 Å². The summed E-state index contributed by atoms with van der Waals surface area (Å²) >= 11 is 0. The summed E-state index contributed by atoms with van der Waals surface area (Å²) in [6.07, 6.45) is 3.93. The second-order valence-electron chi connectivity index (χ2n) is 6.12. The third-order valence-corrected chi connectivity index (χ3v) is 4.58. The van der Waals surface area contributed by atoms with Gasteiger partial charge in [-0.05, 0) is 43.6 Å². The van der Waals surface area contributed by atoms with E-state index in [1.807, 2.05) is 17.0 Å². The van der Waals surface area contributed by atoms with Gasteiger partial charge in [0.15, 0.2) is 0 Å². The molecule has 0 atom stereocenters. The SMILES string of the molecule is N#Cc1ccc(CNC(=O)N2CC(N3CCCCC3)C2)cc1. The number of carbonyl (C=O) groups excluding carboxylic acids is 1. The van der Waals surface area contributed by atoms with Crippen molar-refractivity contribution >= 4 is 6.03 Å². The maximum Gasteiger partial charge on any atom is 0.317 e. The van der Waals surface area contributed by atoms with E-state index in [9.17, 15) is 4.79 Å². The van der Waals surface area contributed by atoms with Gasteiger partial charge in [-0.1, -0.05) is 18.6 Å². The lowest BCUT2D eigenvalue weighted by Gasteiger charge is -2.46. The second-order valence-corrected chi connectivity index (χ2v) is 6.12. The molecule has 0 radical (unpaired) electrons. The second kappa shape index (κ2) is 6.80. The molecule has 0 saturated carbocycles. The number of amides is 2. The Labute approximate surface area is 131 Å². The number of hydrogen-bond donors (Lipinski definition) is 1. The zero-order valence-corrected chi connectivity index (χ0v) is 12.8. The van der Waals surface area contributed by atoms with Crippen LogP contribution in [0.15, 0.2) is 24.3 Å². The first-order valence-electron chi connectivity index (χ1n) is 8.02. The van der Waals surface area contributed by atoms with Gasteiger partial charge in [0.1, 0.15) is 0 Å². The number of benzene rings is 1. The lowest BCUT2D eigenvalue weighted by atomic mass is 10.0. The number of nitrogens with one attached hydrogen (secondary N) is 1. The van der Waals surface area contributed by atoms with Crippen molar-refractivity contribution in [1.82, 2.24) is 15.1 Å². The van der Waals surface area contributed by atoms with Crippen LogP contribution in [-0.2, 0) is 6.54 Å². The van der Waals surface area contributed by atoms with E-state index in [1.165, 1.54) is 32.4 Å². The molecule has 0 bridgehead atoms. The van der Waals surface area contributed by atoms with Gasteiger partial charge < -0.3 is 10.2 Å². The number of urea groups is 1. The normalized spacial score (nSPS) is 19.3. The Morgan fingerprint density at radius 2 is 1.86 bits per heavy atom. The summed E-state index contributed by atoms with van der Waals surface area (Å²) in [6, 6.07) is 9.97. The molecule has 2 aliphatic rings. The van der Waals surface area contributed by atoms with Crippen LogP contribution in [0, 0.1) is 11.3 Å². The molecule has 116 valence electrons. The number of rotatable bonds is 3. The lowest BCUT2D eigenvalue weighted by molar-refractivity contribution is 0.0450. The summed E-state index contributed by atoms with van der Waals surface area (Å²) in [5.41, 5.74) is 1.66. The Kier molecular flexibility index (Phi) is 4.59. The van der Waals surface area contributed by atoms with Gasteiger partial charge in [0.05, 0.1) is 11.6 Å². The fourth-order valence-electron chi connectivity index (χ4n) is 3.12. The van der Waals surface area contributed by atoms with Crippen molar-refractivity contribution in [2.24, 2.45) is 0 Å². The van der Waals surface area contributed by atoms with Gasteiger partial charge in [0.25, 0.3) is 0 Å². The Bertz CT molecular complexity index is 551. The van der Waals surface area contributed by atoms with Crippen molar-refractivity contribution in [2.75, 3.05) is 26.2 Å². The van der Waals surface area contributed by atoms with E-state index >= 15 is 0 Å². The van der Waals surface area contributed by atoms with Gasteiger partial charge in [-0.25, -0.2) is 4.79 Å². The molecule has 0 unspecified atom stereocenters. The van der Waals surface area contributed by atoms with Crippen molar-refractivity contribution in [3.63, 3.8) is 0 Å². The number of nitriles is 1. The molecule has 1 aromatic rings. The van der Waals surface area contributed by atoms with Crippen LogP contribution in [0.4, 0.5) is 4.79 Å². The van der Waals surface area contributed by atoms with Gasteiger partial charge in [-0.2, -0.15) is 5.26 Å². The van der Waals surface area contributed by atoms with Gasteiger partial charge in [0.2, 0.25) is 0 Å². The van der Waals surface area contributed by atoms with Crippen LogP contribution < -0.4 is 5.32 Å². The molecule has 0 aliphatic carbocycles. The van der Waals surface area contributed by atoms with Gasteiger partial charge in [-0.3, -0.25) is 4.90 Å². The highest BCUT2D eigenvalue weighted by Crippen LogP contribution is 2.19. The number of piperidine rings is 1. The van der Waals surface area contributed by atoms with Crippen LogP contribution in [0.3, 0.4) is 0 Å². The smallest absolute Gasteiger partial charge is 0.317 e. The number of likely N-dealkylation sites (tertiary alicyclic amines) is 2. The molecular weight excluding hydrogens is 276 g/mol. The Morgan fingerprint density at radius 1 is 1.18 bits per heavy atom.